The van der Waals surface area contributed by atoms with E-state index < -0.39 is 0 Å². The molecular weight excluding hydrogens is 208 g/mol. The Hall–Kier alpha value is -0.0800. The first kappa shape index (κ1) is 12.0. The summed E-state index contributed by atoms with van der Waals surface area (Å²) >= 11 is 0. The van der Waals surface area contributed by atoms with Gasteiger partial charge in [0.25, 0.3) is 0 Å². The van der Waals surface area contributed by atoms with Crippen molar-refractivity contribution in [3.63, 3.8) is 0 Å². The maximum atomic E-state index is 3.77. The van der Waals surface area contributed by atoms with Crippen molar-refractivity contribution in [2.45, 2.75) is 57.9 Å². The molecule has 2 heteroatoms. The molecular formula is C15H28N2. The molecule has 1 N–H and O–H groups in total. The van der Waals surface area contributed by atoms with Crippen molar-refractivity contribution in [3.8, 4) is 0 Å². The van der Waals surface area contributed by atoms with E-state index in [1.54, 1.807) is 0 Å². The minimum absolute atomic E-state index is 0.707. The van der Waals surface area contributed by atoms with E-state index in [1.807, 2.05) is 0 Å². The Balaban J connectivity index is 1.57. The quantitative estimate of drug-likeness (QED) is 0.807. The van der Waals surface area contributed by atoms with E-state index in [0.717, 1.165) is 12.0 Å². The van der Waals surface area contributed by atoms with Crippen LogP contribution in [0, 0.1) is 11.3 Å². The molecule has 1 atom stereocenters. The summed E-state index contributed by atoms with van der Waals surface area (Å²) in [5, 5.41) is 3.77. The van der Waals surface area contributed by atoms with Gasteiger partial charge < -0.3 is 10.2 Å². The van der Waals surface area contributed by atoms with Crippen LogP contribution in [0.2, 0.25) is 0 Å². The standard InChI is InChI=1S/C15H28N2/c1-2-15(7-3-8-15)12-17-10-4-9-16-14(11-17)13-5-6-13/h13-14,16H,2-12H2,1H3. The first-order valence-corrected chi connectivity index (χ1v) is 7.77. The van der Waals surface area contributed by atoms with Gasteiger partial charge in [0, 0.05) is 19.1 Å². The van der Waals surface area contributed by atoms with Gasteiger partial charge in [0.2, 0.25) is 0 Å². The first-order chi connectivity index (χ1) is 8.31. The van der Waals surface area contributed by atoms with Crippen LogP contribution in [0.15, 0.2) is 0 Å². The second kappa shape index (κ2) is 4.89. The second-order valence-corrected chi connectivity index (χ2v) is 6.69. The van der Waals surface area contributed by atoms with Crippen LogP contribution in [0.4, 0.5) is 0 Å². The molecule has 0 spiro atoms. The molecule has 0 radical (unpaired) electrons. The Morgan fingerprint density at radius 1 is 1.24 bits per heavy atom. The van der Waals surface area contributed by atoms with E-state index in [0.29, 0.717) is 5.41 Å². The molecule has 3 fully saturated rings. The van der Waals surface area contributed by atoms with Crippen LogP contribution >= 0.6 is 0 Å². The molecule has 2 nitrogen and oxygen atoms in total. The summed E-state index contributed by atoms with van der Waals surface area (Å²) in [6, 6.07) is 0.812. The summed E-state index contributed by atoms with van der Waals surface area (Å²) < 4.78 is 0. The van der Waals surface area contributed by atoms with E-state index in [9.17, 15) is 0 Å². The maximum Gasteiger partial charge on any atom is 0.0223 e. The van der Waals surface area contributed by atoms with Gasteiger partial charge in [-0.1, -0.05) is 13.3 Å². The van der Waals surface area contributed by atoms with Gasteiger partial charge in [-0.05, 0) is 62.9 Å². The summed E-state index contributed by atoms with van der Waals surface area (Å²) in [6.07, 6.45) is 10.2. The smallest absolute Gasteiger partial charge is 0.0223 e. The van der Waals surface area contributed by atoms with Crippen molar-refractivity contribution in [2.24, 2.45) is 11.3 Å². The molecule has 17 heavy (non-hydrogen) atoms. The average Bonchev–Trinajstić information content (AvgIpc) is 3.09. The largest absolute Gasteiger partial charge is 0.312 e. The van der Waals surface area contributed by atoms with E-state index in [2.05, 4.69) is 17.1 Å². The fourth-order valence-corrected chi connectivity index (χ4v) is 3.76. The molecule has 0 aromatic heterocycles. The fourth-order valence-electron chi connectivity index (χ4n) is 3.76. The van der Waals surface area contributed by atoms with Crippen molar-refractivity contribution >= 4 is 0 Å². The van der Waals surface area contributed by atoms with Gasteiger partial charge in [0.15, 0.2) is 0 Å². The molecule has 3 aliphatic rings. The van der Waals surface area contributed by atoms with E-state index >= 15 is 0 Å². The van der Waals surface area contributed by atoms with Crippen LogP contribution in [-0.2, 0) is 0 Å². The predicted octanol–water partition coefficient (Wildman–Crippen LogP) is 2.64. The summed E-state index contributed by atoms with van der Waals surface area (Å²) in [6.45, 7) is 7.68. The summed E-state index contributed by atoms with van der Waals surface area (Å²) in [5.74, 6) is 1.01. The summed E-state index contributed by atoms with van der Waals surface area (Å²) in [5.41, 5.74) is 0.707. The van der Waals surface area contributed by atoms with Crippen LogP contribution in [-0.4, -0.2) is 37.1 Å². The van der Waals surface area contributed by atoms with Gasteiger partial charge >= 0.3 is 0 Å². The van der Waals surface area contributed by atoms with Gasteiger partial charge in [-0.3, -0.25) is 0 Å². The molecule has 1 saturated heterocycles. The lowest BCUT2D eigenvalue weighted by molar-refractivity contribution is 0.0604. The van der Waals surface area contributed by atoms with E-state index in [-0.39, 0.29) is 0 Å². The molecule has 2 saturated carbocycles. The molecule has 0 amide bonds. The zero-order valence-electron chi connectivity index (χ0n) is 11.4. The summed E-state index contributed by atoms with van der Waals surface area (Å²) in [4.78, 5) is 2.78. The number of nitrogens with one attached hydrogen (secondary N) is 1. The highest BCUT2D eigenvalue weighted by molar-refractivity contribution is 4.94. The molecule has 98 valence electrons. The van der Waals surface area contributed by atoms with Gasteiger partial charge in [-0.2, -0.15) is 0 Å². The number of rotatable bonds is 4. The Labute approximate surface area is 106 Å². The van der Waals surface area contributed by atoms with E-state index in [4.69, 9.17) is 0 Å². The molecule has 1 heterocycles. The maximum absolute atomic E-state index is 3.77. The Morgan fingerprint density at radius 2 is 2.06 bits per heavy atom. The Kier molecular flexibility index (Phi) is 3.45. The minimum Gasteiger partial charge on any atom is -0.312 e. The number of hydrogen-bond donors (Lipinski definition) is 1. The van der Waals surface area contributed by atoms with Crippen molar-refractivity contribution in [1.29, 1.82) is 0 Å². The highest BCUT2D eigenvalue weighted by Gasteiger charge is 2.39. The third kappa shape index (κ3) is 2.68. The zero-order chi connectivity index (χ0) is 11.7. The van der Waals surface area contributed by atoms with Gasteiger partial charge in [0.1, 0.15) is 0 Å². The molecule has 0 aromatic carbocycles. The van der Waals surface area contributed by atoms with Crippen molar-refractivity contribution in [2.75, 3.05) is 26.2 Å². The lowest BCUT2D eigenvalue weighted by Crippen LogP contribution is -2.46. The molecule has 3 rings (SSSR count). The van der Waals surface area contributed by atoms with Crippen LogP contribution in [0.3, 0.4) is 0 Å². The number of hydrogen-bond acceptors (Lipinski definition) is 2. The van der Waals surface area contributed by atoms with Crippen LogP contribution < -0.4 is 5.32 Å². The number of nitrogens with zero attached hydrogens (tertiary/aromatic N) is 1. The highest BCUT2D eigenvalue weighted by atomic mass is 15.2. The van der Waals surface area contributed by atoms with Crippen LogP contribution in [0.5, 0.6) is 0 Å². The molecule has 2 aliphatic carbocycles. The van der Waals surface area contributed by atoms with Crippen molar-refractivity contribution in [3.05, 3.63) is 0 Å². The SMILES string of the molecule is CCC1(CN2CCCNC(C3CC3)C2)CCC1. The molecule has 0 aromatic rings. The zero-order valence-corrected chi connectivity index (χ0v) is 11.4. The van der Waals surface area contributed by atoms with E-state index in [1.165, 1.54) is 71.1 Å². The molecule has 1 unspecified atom stereocenters. The molecule has 0 bridgehead atoms. The normalized spacial score (nSPS) is 34.1. The Morgan fingerprint density at radius 3 is 2.65 bits per heavy atom. The molecule has 1 aliphatic heterocycles. The van der Waals surface area contributed by atoms with Gasteiger partial charge in [-0.15, -0.1) is 0 Å². The Bertz CT molecular complexity index is 250. The van der Waals surface area contributed by atoms with Crippen molar-refractivity contribution in [1.82, 2.24) is 10.2 Å². The van der Waals surface area contributed by atoms with Crippen LogP contribution in [0.25, 0.3) is 0 Å². The average molecular weight is 236 g/mol. The second-order valence-electron chi connectivity index (χ2n) is 6.69. The highest BCUT2D eigenvalue weighted by Crippen LogP contribution is 2.44. The van der Waals surface area contributed by atoms with Gasteiger partial charge in [-0.25, -0.2) is 0 Å². The third-order valence-electron chi connectivity index (χ3n) is 5.43. The van der Waals surface area contributed by atoms with Crippen LogP contribution in [0.1, 0.15) is 51.9 Å². The van der Waals surface area contributed by atoms with Crippen molar-refractivity contribution < 1.29 is 0 Å². The monoisotopic (exact) mass is 236 g/mol. The fraction of sp³-hybridized carbons (Fsp3) is 1.00. The first-order valence-electron chi connectivity index (χ1n) is 7.77. The lowest BCUT2D eigenvalue weighted by Gasteiger charge is -2.45. The summed E-state index contributed by atoms with van der Waals surface area (Å²) in [7, 11) is 0. The minimum atomic E-state index is 0.707. The topological polar surface area (TPSA) is 15.3 Å². The predicted molar refractivity (Wildman–Crippen MR) is 72.1 cm³/mol. The lowest BCUT2D eigenvalue weighted by atomic mass is 9.66. The third-order valence-corrected chi connectivity index (χ3v) is 5.43. The van der Waals surface area contributed by atoms with Gasteiger partial charge in [0.05, 0.1) is 0 Å².